The van der Waals surface area contributed by atoms with E-state index in [-0.39, 0.29) is 17.1 Å². The zero-order valence-electron chi connectivity index (χ0n) is 16.4. The summed E-state index contributed by atoms with van der Waals surface area (Å²) in [5.74, 6) is -0.239. The summed E-state index contributed by atoms with van der Waals surface area (Å²) < 4.78 is 20.3. The highest BCUT2D eigenvalue weighted by Gasteiger charge is 2.15. The molecule has 7 heteroatoms. The summed E-state index contributed by atoms with van der Waals surface area (Å²) >= 11 is 0. The van der Waals surface area contributed by atoms with E-state index in [9.17, 15) is 14.4 Å². The number of nitrogens with zero attached hydrogens (tertiary/aromatic N) is 3. The van der Waals surface area contributed by atoms with Gasteiger partial charge < -0.3 is 10.1 Å². The molecule has 0 aliphatic rings. The van der Waals surface area contributed by atoms with Gasteiger partial charge >= 0.3 is 0 Å². The Labute approximate surface area is 168 Å². The third-order valence-electron chi connectivity index (χ3n) is 3.95. The van der Waals surface area contributed by atoms with Crippen LogP contribution in [0, 0.1) is 22.6 Å². The summed E-state index contributed by atoms with van der Waals surface area (Å²) in [6.45, 7) is 6.59. The number of benzene rings is 2. The predicted octanol–water partition coefficient (Wildman–Crippen LogP) is 4.56. The minimum absolute atomic E-state index is 0.0374. The summed E-state index contributed by atoms with van der Waals surface area (Å²) in [6, 6.07) is 12.8. The molecule has 0 radical (unpaired) electrons. The second-order valence-electron chi connectivity index (χ2n) is 7.78. The SMILES string of the molecule is CC(C)(C)COc1ccc(NC(=O)c2cnn(-c3ccc(F)cc3)c2)cc1C#N. The van der Waals surface area contributed by atoms with Gasteiger partial charge in [0.25, 0.3) is 5.91 Å². The molecule has 148 valence electrons. The maximum Gasteiger partial charge on any atom is 0.258 e. The van der Waals surface area contributed by atoms with Gasteiger partial charge in [-0.25, -0.2) is 9.07 Å². The average molecular weight is 392 g/mol. The number of aromatic nitrogens is 2. The number of anilines is 1. The Kier molecular flexibility index (Phi) is 5.64. The van der Waals surface area contributed by atoms with E-state index in [4.69, 9.17) is 4.74 Å². The number of nitrogens with one attached hydrogen (secondary N) is 1. The quantitative estimate of drug-likeness (QED) is 0.690. The molecule has 0 bridgehead atoms. The summed E-state index contributed by atoms with van der Waals surface area (Å²) in [7, 11) is 0. The van der Waals surface area contributed by atoms with Gasteiger partial charge in [-0.1, -0.05) is 20.8 Å². The van der Waals surface area contributed by atoms with Crippen LogP contribution in [-0.4, -0.2) is 22.3 Å². The maximum absolute atomic E-state index is 13.0. The van der Waals surface area contributed by atoms with Gasteiger partial charge in [-0.2, -0.15) is 10.4 Å². The van der Waals surface area contributed by atoms with Gasteiger partial charge in [-0.05, 0) is 47.9 Å². The largest absolute Gasteiger partial charge is 0.492 e. The zero-order chi connectivity index (χ0) is 21.0. The van der Waals surface area contributed by atoms with Crippen molar-refractivity contribution in [1.29, 1.82) is 5.26 Å². The number of ether oxygens (including phenoxy) is 1. The van der Waals surface area contributed by atoms with Crippen LogP contribution in [0.3, 0.4) is 0 Å². The molecule has 2 aromatic carbocycles. The van der Waals surface area contributed by atoms with Crippen LogP contribution < -0.4 is 10.1 Å². The van der Waals surface area contributed by atoms with Gasteiger partial charge in [-0.15, -0.1) is 0 Å². The molecule has 1 N–H and O–H groups in total. The number of amides is 1. The molecule has 29 heavy (non-hydrogen) atoms. The fourth-order valence-electron chi connectivity index (χ4n) is 2.49. The fraction of sp³-hybridized carbons (Fsp3) is 0.227. The first-order valence-electron chi connectivity index (χ1n) is 9.04. The van der Waals surface area contributed by atoms with Crippen molar-refractivity contribution in [2.24, 2.45) is 5.41 Å². The Bertz CT molecular complexity index is 1060. The molecule has 1 heterocycles. The molecule has 0 aliphatic heterocycles. The first kappa shape index (κ1) is 20.1. The van der Waals surface area contributed by atoms with Crippen LogP contribution in [0.4, 0.5) is 10.1 Å². The van der Waals surface area contributed by atoms with Gasteiger partial charge in [0.15, 0.2) is 0 Å². The Balaban J connectivity index is 1.72. The third kappa shape index (κ3) is 5.20. The fourth-order valence-corrected chi connectivity index (χ4v) is 2.49. The van der Waals surface area contributed by atoms with E-state index < -0.39 is 0 Å². The minimum Gasteiger partial charge on any atom is -0.492 e. The second kappa shape index (κ2) is 8.15. The molecule has 3 aromatic rings. The Hall–Kier alpha value is -3.66. The molecule has 1 aromatic heterocycles. The molecule has 1 amide bonds. The summed E-state index contributed by atoms with van der Waals surface area (Å²) in [4.78, 5) is 12.5. The van der Waals surface area contributed by atoms with Crippen LogP contribution in [0.5, 0.6) is 5.75 Å². The van der Waals surface area contributed by atoms with Crippen molar-refractivity contribution in [3.05, 3.63) is 71.8 Å². The van der Waals surface area contributed by atoms with E-state index in [2.05, 4.69) is 16.5 Å². The lowest BCUT2D eigenvalue weighted by Crippen LogP contribution is -2.17. The van der Waals surface area contributed by atoms with Gasteiger partial charge in [0.2, 0.25) is 0 Å². The van der Waals surface area contributed by atoms with E-state index in [1.54, 1.807) is 36.5 Å². The molecule has 0 spiro atoms. The standard InChI is InChI=1S/C22H21FN4O2/c1-22(2,3)14-29-20-9-6-18(10-15(20)11-24)26-21(28)16-12-25-27(13-16)19-7-4-17(23)5-8-19/h4-10,12-13H,14H2,1-3H3,(H,26,28). The van der Waals surface area contributed by atoms with E-state index in [1.807, 2.05) is 20.8 Å². The Morgan fingerprint density at radius 3 is 2.62 bits per heavy atom. The van der Waals surface area contributed by atoms with Crippen LogP contribution in [0.2, 0.25) is 0 Å². The number of rotatable bonds is 5. The maximum atomic E-state index is 13.0. The highest BCUT2D eigenvalue weighted by atomic mass is 19.1. The van der Waals surface area contributed by atoms with Gasteiger partial charge in [0, 0.05) is 11.9 Å². The zero-order valence-corrected chi connectivity index (χ0v) is 16.4. The van der Waals surface area contributed by atoms with Crippen molar-refractivity contribution in [3.8, 4) is 17.5 Å². The van der Waals surface area contributed by atoms with Crippen LogP contribution in [0.15, 0.2) is 54.9 Å². The van der Waals surface area contributed by atoms with Crippen LogP contribution >= 0.6 is 0 Å². The summed E-state index contributed by atoms with van der Waals surface area (Å²) in [5, 5.41) is 16.3. The number of carbonyl (C=O) groups excluding carboxylic acids is 1. The molecule has 0 aliphatic carbocycles. The topological polar surface area (TPSA) is 79.9 Å². The van der Waals surface area contributed by atoms with Crippen molar-refractivity contribution in [2.75, 3.05) is 11.9 Å². The van der Waals surface area contributed by atoms with Crippen molar-refractivity contribution in [3.63, 3.8) is 0 Å². The van der Waals surface area contributed by atoms with E-state index in [0.29, 0.717) is 34.9 Å². The number of halogens is 1. The number of hydrogen-bond donors (Lipinski definition) is 1. The number of hydrogen-bond acceptors (Lipinski definition) is 4. The third-order valence-corrected chi connectivity index (χ3v) is 3.95. The second-order valence-corrected chi connectivity index (χ2v) is 7.78. The molecule has 6 nitrogen and oxygen atoms in total. The average Bonchev–Trinajstić information content (AvgIpc) is 3.17. The Morgan fingerprint density at radius 1 is 1.24 bits per heavy atom. The molecule has 0 unspecified atom stereocenters. The van der Waals surface area contributed by atoms with Gasteiger partial charge in [0.1, 0.15) is 17.6 Å². The predicted molar refractivity (Wildman–Crippen MR) is 108 cm³/mol. The van der Waals surface area contributed by atoms with Crippen LogP contribution in [0.1, 0.15) is 36.7 Å². The molecule has 3 rings (SSSR count). The molecular weight excluding hydrogens is 371 g/mol. The lowest BCUT2D eigenvalue weighted by Gasteiger charge is -2.19. The van der Waals surface area contributed by atoms with Crippen molar-refractivity contribution in [1.82, 2.24) is 9.78 Å². The number of nitriles is 1. The highest BCUT2D eigenvalue weighted by Crippen LogP contribution is 2.25. The first-order chi connectivity index (χ1) is 13.7. The van der Waals surface area contributed by atoms with E-state index in [1.165, 1.54) is 23.0 Å². The van der Waals surface area contributed by atoms with E-state index in [0.717, 1.165) is 0 Å². The molecule has 0 fully saturated rings. The lowest BCUT2D eigenvalue weighted by atomic mass is 9.98. The molecular formula is C22H21FN4O2. The van der Waals surface area contributed by atoms with Crippen LogP contribution in [-0.2, 0) is 0 Å². The summed E-state index contributed by atoms with van der Waals surface area (Å²) in [5.41, 5.74) is 1.75. The van der Waals surface area contributed by atoms with Crippen molar-refractivity contribution >= 4 is 11.6 Å². The normalized spacial score (nSPS) is 11.0. The smallest absolute Gasteiger partial charge is 0.258 e. The number of carbonyl (C=O) groups is 1. The Morgan fingerprint density at radius 2 is 1.97 bits per heavy atom. The first-order valence-corrected chi connectivity index (χ1v) is 9.04. The molecule has 0 atom stereocenters. The molecule has 0 saturated carbocycles. The highest BCUT2D eigenvalue weighted by molar-refractivity contribution is 6.04. The lowest BCUT2D eigenvalue weighted by molar-refractivity contribution is 0.102. The van der Waals surface area contributed by atoms with Crippen molar-refractivity contribution in [2.45, 2.75) is 20.8 Å². The van der Waals surface area contributed by atoms with Crippen molar-refractivity contribution < 1.29 is 13.9 Å². The minimum atomic E-state index is -0.370. The van der Waals surface area contributed by atoms with Gasteiger partial charge in [-0.3, -0.25) is 4.79 Å². The summed E-state index contributed by atoms with van der Waals surface area (Å²) in [6.07, 6.45) is 2.97. The van der Waals surface area contributed by atoms with E-state index >= 15 is 0 Å². The van der Waals surface area contributed by atoms with Crippen LogP contribution in [0.25, 0.3) is 5.69 Å². The molecule has 0 saturated heterocycles. The van der Waals surface area contributed by atoms with Gasteiger partial charge in [0.05, 0.1) is 29.6 Å². The monoisotopic (exact) mass is 392 g/mol.